The molecule has 1 unspecified atom stereocenters. The molecule has 9 heteroatoms. The second-order valence-corrected chi connectivity index (χ2v) is 8.49. The molecule has 31 heavy (non-hydrogen) atoms. The zero-order valence-corrected chi connectivity index (χ0v) is 18.9. The summed E-state index contributed by atoms with van der Waals surface area (Å²) in [7, 11) is 0. The van der Waals surface area contributed by atoms with Gasteiger partial charge in [0.15, 0.2) is 0 Å². The number of furan rings is 1. The van der Waals surface area contributed by atoms with Crippen molar-refractivity contribution in [2.45, 2.75) is 25.9 Å². The van der Waals surface area contributed by atoms with Gasteiger partial charge in [-0.25, -0.2) is 4.98 Å². The maximum absolute atomic E-state index is 12.7. The summed E-state index contributed by atoms with van der Waals surface area (Å²) in [6, 6.07) is 9.23. The molecule has 3 heterocycles. The topological polar surface area (TPSA) is 89.6 Å². The Hall–Kier alpha value is -2.49. The molecule has 1 fully saturated rings. The Morgan fingerprint density at radius 3 is 2.81 bits per heavy atom. The lowest BCUT2D eigenvalue weighted by molar-refractivity contribution is -0.121. The van der Waals surface area contributed by atoms with Gasteiger partial charge in [-0.05, 0) is 37.3 Å². The first-order valence-electron chi connectivity index (χ1n) is 10.3. The molecule has 1 saturated heterocycles. The number of benzene rings is 1. The molecule has 0 bridgehead atoms. The Bertz CT molecular complexity index is 1120. The molecule has 1 atom stereocenters. The number of ether oxygens (including phenoxy) is 1. The highest BCUT2D eigenvalue weighted by molar-refractivity contribution is 9.10. The lowest BCUT2D eigenvalue weighted by Crippen LogP contribution is -2.43. The summed E-state index contributed by atoms with van der Waals surface area (Å²) in [6.45, 7) is 5.51. The van der Waals surface area contributed by atoms with Gasteiger partial charge >= 0.3 is 0 Å². The fourth-order valence-corrected chi connectivity index (χ4v) is 4.10. The predicted molar refractivity (Wildman–Crippen MR) is 120 cm³/mol. The molecule has 1 amide bonds. The molecular formula is C22H25BrN4O4. The van der Waals surface area contributed by atoms with E-state index in [9.17, 15) is 9.59 Å². The van der Waals surface area contributed by atoms with Crippen molar-refractivity contribution in [2.75, 3.05) is 32.8 Å². The number of hydrogen-bond donors (Lipinski definition) is 1. The number of aryl methyl sites for hydroxylation is 2. The number of fused-ring (bicyclic) bond motifs is 1. The Labute approximate surface area is 188 Å². The zero-order valence-electron chi connectivity index (χ0n) is 17.3. The first-order valence-corrected chi connectivity index (χ1v) is 11.1. The van der Waals surface area contributed by atoms with Crippen LogP contribution in [-0.2, 0) is 16.1 Å². The molecule has 1 aliphatic heterocycles. The summed E-state index contributed by atoms with van der Waals surface area (Å²) in [6.07, 6.45) is 1.68. The predicted octanol–water partition coefficient (Wildman–Crippen LogP) is 2.64. The van der Waals surface area contributed by atoms with Crippen LogP contribution in [0.1, 0.15) is 24.0 Å². The molecule has 8 nitrogen and oxygen atoms in total. The van der Waals surface area contributed by atoms with Crippen LogP contribution in [0.25, 0.3) is 10.9 Å². The van der Waals surface area contributed by atoms with Crippen molar-refractivity contribution in [1.29, 1.82) is 0 Å². The van der Waals surface area contributed by atoms with Gasteiger partial charge in [-0.15, -0.1) is 0 Å². The minimum absolute atomic E-state index is 0.0519. The van der Waals surface area contributed by atoms with Crippen LogP contribution in [0.15, 0.2) is 50.3 Å². The molecule has 0 saturated carbocycles. The van der Waals surface area contributed by atoms with Crippen LogP contribution in [0.2, 0.25) is 0 Å². The summed E-state index contributed by atoms with van der Waals surface area (Å²) < 4.78 is 13.6. The van der Waals surface area contributed by atoms with Crippen LogP contribution in [0.3, 0.4) is 0 Å². The summed E-state index contributed by atoms with van der Waals surface area (Å²) in [5.41, 5.74) is 0.479. The maximum atomic E-state index is 12.7. The lowest BCUT2D eigenvalue weighted by Gasteiger charge is -2.33. The standard InChI is InChI=1S/C22H25BrN4O4/c1-15-2-5-20(31-15)19(26-8-10-30-11-9-26)13-24-21(28)6-7-27-14-25-18-4-3-16(23)12-17(18)22(27)29/h2-5,12,14,19H,6-11,13H2,1H3,(H,24,28). The summed E-state index contributed by atoms with van der Waals surface area (Å²) in [5, 5.41) is 3.52. The number of hydrogen-bond acceptors (Lipinski definition) is 6. The van der Waals surface area contributed by atoms with Crippen molar-refractivity contribution in [2.24, 2.45) is 0 Å². The number of carbonyl (C=O) groups is 1. The molecule has 0 spiro atoms. The van der Waals surface area contributed by atoms with Crippen LogP contribution in [0, 0.1) is 6.92 Å². The van der Waals surface area contributed by atoms with E-state index in [2.05, 4.69) is 31.1 Å². The average molecular weight is 489 g/mol. The summed E-state index contributed by atoms with van der Waals surface area (Å²) in [5.74, 6) is 1.55. The number of nitrogens with zero attached hydrogens (tertiary/aromatic N) is 3. The molecule has 1 aromatic carbocycles. The fraction of sp³-hybridized carbons (Fsp3) is 0.409. The molecule has 1 N–H and O–H groups in total. The van der Waals surface area contributed by atoms with Gasteiger partial charge in [0.2, 0.25) is 5.91 Å². The first-order chi connectivity index (χ1) is 15.0. The summed E-state index contributed by atoms with van der Waals surface area (Å²) >= 11 is 3.38. The SMILES string of the molecule is Cc1ccc(C(CNC(=O)CCn2cnc3ccc(Br)cc3c2=O)N2CCOCC2)o1. The van der Waals surface area contributed by atoms with E-state index in [1.165, 1.54) is 10.9 Å². The molecule has 164 valence electrons. The molecule has 0 aliphatic carbocycles. The van der Waals surface area contributed by atoms with Gasteiger partial charge in [-0.3, -0.25) is 19.1 Å². The molecule has 1 aliphatic rings. The normalized spacial score (nSPS) is 15.8. The van der Waals surface area contributed by atoms with Crippen LogP contribution in [0.5, 0.6) is 0 Å². The van der Waals surface area contributed by atoms with Crippen LogP contribution >= 0.6 is 15.9 Å². The van der Waals surface area contributed by atoms with E-state index in [-0.39, 0.29) is 30.5 Å². The highest BCUT2D eigenvalue weighted by atomic mass is 79.9. The van der Waals surface area contributed by atoms with E-state index in [1.54, 1.807) is 12.1 Å². The van der Waals surface area contributed by atoms with Gasteiger partial charge in [0.25, 0.3) is 5.56 Å². The van der Waals surface area contributed by atoms with Gasteiger partial charge in [0, 0.05) is 37.1 Å². The number of rotatable bonds is 7. The van der Waals surface area contributed by atoms with Gasteiger partial charge in [-0.2, -0.15) is 0 Å². The van der Waals surface area contributed by atoms with Crippen LogP contribution in [0.4, 0.5) is 0 Å². The molecule has 0 radical (unpaired) electrons. The van der Waals surface area contributed by atoms with E-state index in [1.807, 2.05) is 25.1 Å². The third-order valence-corrected chi connectivity index (χ3v) is 5.93. The number of morpholine rings is 1. The van der Waals surface area contributed by atoms with E-state index in [0.717, 1.165) is 29.1 Å². The quantitative estimate of drug-likeness (QED) is 0.549. The number of amides is 1. The van der Waals surface area contributed by atoms with E-state index in [0.29, 0.717) is 30.7 Å². The maximum Gasteiger partial charge on any atom is 0.261 e. The Morgan fingerprint density at radius 2 is 2.06 bits per heavy atom. The Kier molecular flexibility index (Phi) is 6.84. The van der Waals surface area contributed by atoms with Gasteiger partial charge < -0.3 is 14.5 Å². The van der Waals surface area contributed by atoms with Crippen molar-refractivity contribution >= 4 is 32.7 Å². The number of aromatic nitrogens is 2. The zero-order chi connectivity index (χ0) is 21.8. The van der Waals surface area contributed by atoms with Crippen LogP contribution in [-0.4, -0.2) is 53.2 Å². The van der Waals surface area contributed by atoms with E-state index < -0.39 is 0 Å². The number of carbonyl (C=O) groups excluding carboxylic acids is 1. The minimum atomic E-state index is -0.156. The molecule has 4 rings (SSSR count). The van der Waals surface area contributed by atoms with Gasteiger partial charge in [0.1, 0.15) is 11.5 Å². The second kappa shape index (κ2) is 9.76. The Balaban J connectivity index is 1.39. The van der Waals surface area contributed by atoms with Crippen LogP contribution < -0.4 is 10.9 Å². The molecule has 3 aromatic rings. The van der Waals surface area contributed by atoms with Crippen molar-refractivity contribution in [1.82, 2.24) is 19.8 Å². The van der Waals surface area contributed by atoms with Gasteiger partial charge in [0.05, 0.1) is 36.5 Å². The van der Waals surface area contributed by atoms with E-state index >= 15 is 0 Å². The average Bonchev–Trinajstić information content (AvgIpc) is 3.20. The second-order valence-electron chi connectivity index (χ2n) is 7.57. The monoisotopic (exact) mass is 488 g/mol. The first kappa shape index (κ1) is 21.7. The largest absolute Gasteiger partial charge is 0.465 e. The smallest absolute Gasteiger partial charge is 0.261 e. The van der Waals surface area contributed by atoms with Gasteiger partial charge in [-0.1, -0.05) is 15.9 Å². The number of nitrogens with one attached hydrogen (secondary N) is 1. The highest BCUT2D eigenvalue weighted by Crippen LogP contribution is 2.23. The minimum Gasteiger partial charge on any atom is -0.465 e. The molecular weight excluding hydrogens is 464 g/mol. The van der Waals surface area contributed by atoms with Crippen molar-refractivity contribution < 1.29 is 13.9 Å². The lowest BCUT2D eigenvalue weighted by atomic mass is 10.1. The molecule has 2 aromatic heterocycles. The highest BCUT2D eigenvalue weighted by Gasteiger charge is 2.25. The fourth-order valence-electron chi connectivity index (χ4n) is 3.74. The van der Waals surface area contributed by atoms with Crippen molar-refractivity contribution in [3.8, 4) is 0 Å². The third-order valence-electron chi connectivity index (χ3n) is 5.43. The van der Waals surface area contributed by atoms with Crippen molar-refractivity contribution in [3.05, 3.63) is 63.0 Å². The van der Waals surface area contributed by atoms with Crippen molar-refractivity contribution in [3.63, 3.8) is 0 Å². The third kappa shape index (κ3) is 5.23. The number of halogens is 1. The Morgan fingerprint density at radius 1 is 1.26 bits per heavy atom. The summed E-state index contributed by atoms with van der Waals surface area (Å²) in [4.78, 5) is 31.8. The van der Waals surface area contributed by atoms with E-state index in [4.69, 9.17) is 9.15 Å².